The van der Waals surface area contributed by atoms with Crippen LogP contribution in [0.25, 0.3) is 0 Å². The fourth-order valence-corrected chi connectivity index (χ4v) is 3.33. The molecule has 20 heavy (non-hydrogen) atoms. The summed E-state index contributed by atoms with van der Waals surface area (Å²) < 4.78 is 14.1. The minimum atomic E-state index is -0.201. The van der Waals surface area contributed by atoms with Crippen LogP contribution in [0.3, 0.4) is 0 Å². The molecule has 1 aromatic heterocycles. The van der Waals surface area contributed by atoms with Crippen molar-refractivity contribution in [3.8, 4) is 0 Å². The number of hydrogen-bond acceptors (Lipinski definition) is 4. The van der Waals surface area contributed by atoms with Gasteiger partial charge in [-0.25, -0.2) is 0 Å². The Hall–Kier alpha value is -0.330. The van der Waals surface area contributed by atoms with Gasteiger partial charge in [0, 0.05) is 25.3 Å². The molecule has 116 valence electrons. The lowest BCUT2D eigenvalue weighted by Crippen LogP contribution is -2.29. The topological polar surface area (TPSA) is 42.7 Å². The van der Waals surface area contributed by atoms with E-state index in [9.17, 15) is 4.39 Å². The van der Waals surface area contributed by atoms with Crippen LogP contribution in [0.4, 0.5) is 4.39 Å². The first-order chi connectivity index (χ1) is 9.33. The third-order valence-electron chi connectivity index (χ3n) is 3.54. The molecule has 0 bridgehead atoms. The SMILES string of the molecule is Cl.Cn1c(SCCCCCF)nnc1C1CCCNC1. The Bertz CT molecular complexity index is 382. The first kappa shape index (κ1) is 17.7. The number of rotatable bonds is 7. The Morgan fingerprint density at radius 3 is 2.90 bits per heavy atom. The van der Waals surface area contributed by atoms with Crippen molar-refractivity contribution in [3.63, 3.8) is 0 Å². The quantitative estimate of drug-likeness (QED) is 0.619. The number of unbranched alkanes of at least 4 members (excludes halogenated alkanes) is 2. The molecular weight excluding hydrogens is 299 g/mol. The highest BCUT2D eigenvalue weighted by Crippen LogP contribution is 2.25. The normalized spacial score (nSPS) is 18.8. The Morgan fingerprint density at radius 1 is 1.35 bits per heavy atom. The second-order valence-corrected chi connectivity index (χ2v) is 6.10. The lowest BCUT2D eigenvalue weighted by atomic mass is 9.99. The molecule has 1 aliphatic heterocycles. The van der Waals surface area contributed by atoms with Crippen LogP contribution in [0, 0.1) is 0 Å². The Balaban J connectivity index is 0.00000200. The van der Waals surface area contributed by atoms with E-state index in [1.807, 2.05) is 7.05 Å². The maximum atomic E-state index is 12.0. The first-order valence-electron chi connectivity index (χ1n) is 7.11. The Labute approximate surface area is 130 Å². The summed E-state index contributed by atoms with van der Waals surface area (Å²) in [6.45, 7) is 1.92. The number of aromatic nitrogens is 3. The smallest absolute Gasteiger partial charge is 0.190 e. The minimum absolute atomic E-state index is 0. The maximum Gasteiger partial charge on any atom is 0.190 e. The zero-order valence-corrected chi connectivity index (χ0v) is 13.6. The van der Waals surface area contributed by atoms with E-state index < -0.39 is 0 Å². The fourth-order valence-electron chi connectivity index (χ4n) is 2.42. The average Bonchev–Trinajstić information content (AvgIpc) is 2.81. The lowest BCUT2D eigenvalue weighted by molar-refractivity contribution is 0.436. The number of nitrogens with zero attached hydrogens (tertiary/aromatic N) is 3. The molecule has 1 unspecified atom stereocenters. The van der Waals surface area contributed by atoms with E-state index in [1.165, 1.54) is 12.8 Å². The monoisotopic (exact) mass is 322 g/mol. The second kappa shape index (κ2) is 9.58. The van der Waals surface area contributed by atoms with Crippen molar-refractivity contribution in [1.82, 2.24) is 20.1 Å². The van der Waals surface area contributed by atoms with Crippen LogP contribution in [-0.4, -0.2) is 40.3 Å². The van der Waals surface area contributed by atoms with Gasteiger partial charge in [0.25, 0.3) is 0 Å². The minimum Gasteiger partial charge on any atom is -0.316 e. The van der Waals surface area contributed by atoms with Crippen molar-refractivity contribution in [2.45, 2.75) is 43.2 Å². The van der Waals surface area contributed by atoms with Gasteiger partial charge in [-0.3, -0.25) is 4.39 Å². The molecule has 0 radical (unpaired) electrons. The van der Waals surface area contributed by atoms with Gasteiger partial charge in [0.05, 0.1) is 6.67 Å². The van der Waals surface area contributed by atoms with E-state index in [0.717, 1.165) is 42.7 Å². The molecule has 0 aliphatic carbocycles. The number of thioether (sulfide) groups is 1. The second-order valence-electron chi connectivity index (χ2n) is 5.04. The molecule has 4 nitrogen and oxygen atoms in total. The van der Waals surface area contributed by atoms with Gasteiger partial charge in [-0.1, -0.05) is 18.2 Å². The highest BCUT2D eigenvalue weighted by Gasteiger charge is 2.21. The van der Waals surface area contributed by atoms with Crippen LogP contribution in [0.15, 0.2) is 5.16 Å². The van der Waals surface area contributed by atoms with Crippen LogP contribution in [0.5, 0.6) is 0 Å². The number of piperidine rings is 1. The van der Waals surface area contributed by atoms with Crippen LogP contribution in [0.2, 0.25) is 0 Å². The van der Waals surface area contributed by atoms with Crippen LogP contribution < -0.4 is 5.32 Å². The molecule has 1 aromatic rings. The average molecular weight is 323 g/mol. The summed E-state index contributed by atoms with van der Waals surface area (Å²) in [4.78, 5) is 0. The molecule has 7 heteroatoms. The standard InChI is InChI=1S/C13H23FN4S.ClH/c1-18-12(11-6-5-8-15-10-11)16-17-13(18)19-9-4-2-3-7-14;/h11,15H,2-10H2,1H3;1H. The first-order valence-corrected chi connectivity index (χ1v) is 8.10. The van der Waals surface area contributed by atoms with Crippen molar-refractivity contribution >= 4 is 24.2 Å². The van der Waals surface area contributed by atoms with Crippen molar-refractivity contribution in [1.29, 1.82) is 0 Å². The molecule has 1 saturated heterocycles. The molecule has 0 saturated carbocycles. The van der Waals surface area contributed by atoms with E-state index in [0.29, 0.717) is 12.3 Å². The van der Waals surface area contributed by atoms with Gasteiger partial charge in [-0.15, -0.1) is 22.6 Å². The summed E-state index contributed by atoms with van der Waals surface area (Å²) in [6.07, 6.45) is 5.09. The summed E-state index contributed by atoms with van der Waals surface area (Å²) in [7, 11) is 2.05. The van der Waals surface area contributed by atoms with Gasteiger partial charge in [0.1, 0.15) is 5.82 Å². The van der Waals surface area contributed by atoms with Crippen LogP contribution >= 0.6 is 24.2 Å². The summed E-state index contributed by atoms with van der Waals surface area (Å²) in [5.74, 6) is 2.58. The number of hydrogen-bond donors (Lipinski definition) is 1. The van der Waals surface area contributed by atoms with Gasteiger partial charge in [-0.05, 0) is 32.2 Å². The third kappa shape index (κ3) is 4.90. The zero-order chi connectivity index (χ0) is 13.5. The molecule has 1 N–H and O–H groups in total. The molecule has 1 fully saturated rings. The van der Waals surface area contributed by atoms with Crippen molar-refractivity contribution in [2.75, 3.05) is 25.5 Å². The molecule has 0 aromatic carbocycles. The van der Waals surface area contributed by atoms with E-state index >= 15 is 0 Å². The molecule has 0 amide bonds. The van der Waals surface area contributed by atoms with E-state index in [-0.39, 0.29) is 19.1 Å². The van der Waals surface area contributed by atoms with Crippen molar-refractivity contribution in [3.05, 3.63) is 5.82 Å². The molecule has 1 atom stereocenters. The summed E-state index contributed by atoms with van der Waals surface area (Å²) in [5.41, 5.74) is 0. The highest BCUT2D eigenvalue weighted by molar-refractivity contribution is 7.99. The van der Waals surface area contributed by atoms with Crippen molar-refractivity contribution in [2.24, 2.45) is 7.05 Å². The summed E-state index contributed by atoms with van der Waals surface area (Å²) in [6, 6.07) is 0. The lowest BCUT2D eigenvalue weighted by Gasteiger charge is -2.21. The molecule has 2 heterocycles. The van der Waals surface area contributed by atoms with Gasteiger partial charge in [0.2, 0.25) is 0 Å². The van der Waals surface area contributed by atoms with Crippen LogP contribution in [-0.2, 0) is 7.05 Å². The molecule has 1 aliphatic rings. The van der Waals surface area contributed by atoms with Gasteiger partial charge in [-0.2, -0.15) is 0 Å². The van der Waals surface area contributed by atoms with Gasteiger partial charge < -0.3 is 9.88 Å². The third-order valence-corrected chi connectivity index (χ3v) is 4.65. The predicted octanol–water partition coefficient (Wildman–Crippen LogP) is 2.94. The zero-order valence-electron chi connectivity index (χ0n) is 12.0. The largest absolute Gasteiger partial charge is 0.316 e. The van der Waals surface area contributed by atoms with E-state index in [4.69, 9.17) is 0 Å². The van der Waals surface area contributed by atoms with E-state index in [2.05, 4.69) is 20.1 Å². The predicted molar refractivity (Wildman–Crippen MR) is 83.6 cm³/mol. The maximum absolute atomic E-state index is 12.0. The van der Waals surface area contributed by atoms with Gasteiger partial charge >= 0.3 is 0 Å². The fraction of sp³-hybridized carbons (Fsp3) is 0.846. The molecule has 2 rings (SSSR count). The molecular formula is C13H24ClFN4S. The van der Waals surface area contributed by atoms with Crippen LogP contribution in [0.1, 0.15) is 43.8 Å². The highest BCUT2D eigenvalue weighted by atomic mass is 35.5. The number of alkyl halides is 1. The summed E-state index contributed by atoms with van der Waals surface area (Å²) in [5, 5.41) is 13.0. The van der Waals surface area contributed by atoms with E-state index in [1.54, 1.807) is 11.8 Å². The number of halogens is 2. The Kier molecular flexibility index (Phi) is 8.49. The Morgan fingerprint density at radius 2 is 2.20 bits per heavy atom. The van der Waals surface area contributed by atoms with Crippen molar-refractivity contribution < 1.29 is 4.39 Å². The molecule has 0 spiro atoms. The summed E-state index contributed by atoms with van der Waals surface area (Å²) >= 11 is 1.73. The van der Waals surface area contributed by atoms with Gasteiger partial charge in [0.15, 0.2) is 5.16 Å². The number of nitrogens with one attached hydrogen (secondary N) is 1.